The predicted octanol–water partition coefficient (Wildman–Crippen LogP) is 6.45. The molecular weight excluding hydrogens is 370 g/mol. The Morgan fingerprint density at radius 2 is 1.87 bits per heavy atom. The Morgan fingerprint density at radius 3 is 2.77 bits per heavy atom. The second-order valence-corrected chi connectivity index (χ2v) is 8.02. The Balaban J connectivity index is 1.77. The van der Waals surface area contributed by atoms with Crippen LogP contribution in [0.25, 0.3) is 43.2 Å². The summed E-state index contributed by atoms with van der Waals surface area (Å²) in [6.45, 7) is 4.07. The van der Waals surface area contributed by atoms with Gasteiger partial charge in [0.2, 0.25) is 0 Å². The van der Waals surface area contributed by atoms with Crippen molar-refractivity contribution >= 4 is 43.2 Å². The summed E-state index contributed by atoms with van der Waals surface area (Å²) in [6, 6.07) is 16.8. The molecule has 6 rings (SSSR count). The minimum absolute atomic E-state index is 0.227. The van der Waals surface area contributed by atoms with Gasteiger partial charge in [0.25, 0.3) is 0 Å². The van der Waals surface area contributed by atoms with Gasteiger partial charge in [-0.05, 0) is 64.7 Å². The maximum Gasteiger partial charge on any atom is 0.165 e. The number of aromatic hydroxyl groups is 1. The van der Waals surface area contributed by atoms with Crippen molar-refractivity contribution in [1.82, 2.24) is 4.98 Å². The lowest BCUT2D eigenvalue weighted by atomic mass is 9.83. The van der Waals surface area contributed by atoms with Crippen LogP contribution in [-0.4, -0.2) is 16.7 Å². The number of benzene rings is 4. The first-order valence-corrected chi connectivity index (χ1v) is 10.4. The van der Waals surface area contributed by atoms with E-state index in [0.29, 0.717) is 12.4 Å². The minimum atomic E-state index is 0.227. The highest BCUT2D eigenvalue weighted by Crippen LogP contribution is 2.45. The van der Waals surface area contributed by atoms with Gasteiger partial charge in [0.15, 0.2) is 11.5 Å². The van der Waals surface area contributed by atoms with Crippen LogP contribution in [0.3, 0.4) is 0 Å². The number of fused-ring (bicyclic) bond motifs is 6. The molecule has 1 heterocycles. The minimum Gasteiger partial charge on any atom is -0.504 e. The fourth-order valence-corrected chi connectivity index (χ4v) is 5.06. The molecule has 0 fully saturated rings. The molecule has 1 aliphatic rings. The molecule has 0 saturated carbocycles. The summed E-state index contributed by atoms with van der Waals surface area (Å²) in [5.41, 5.74) is 3.58. The van der Waals surface area contributed by atoms with Crippen molar-refractivity contribution in [1.29, 1.82) is 0 Å². The first-order valence-electron chi connectivity index (χ1n) is 10.4. The van der Waals surface area contributed by atoms with Crippen molar-refractivity contribution < 1.29 is 9.84 Å². The monoisotopic (exact) mass is 391 g/mol. The Bertz CT molecular complexity index is 1500. The number of phenolic OH excluding ortho intramolecular Hbond substituents is 1. The second-order valence-electron chi connectivity index (χ2n) is 8.02. The number of phenols is 1. The van der Waals surface area contributed by atoms with E-state index >= 15 is 0 Å². The fraction of sp³-hybridized carbons (Fsp3) is 0.148. The van der Waals surface area contributed by atoms with Gasteiger partial charge in [-0.15, -0.1) is 0 Å². The highest BCUT2D eigenvalue weighted by molar-refractivity contribution is 6.20. The summed E-state index contributed by atoms with van der Waals surface area (Å²) in [4.78, 5) is 4.87. The van der Waals surface area contributed by atoms with E-state index in [9.17, 15) is 5.11 Å². The fourth-order valence-electron chi connectivity index (χ4n) is 5.06. The summed E-state index contributed by atoms with van der Waals surface area (Å²) in [7, 11) is 0. The third-order valence-electron chi connectivity index (χ3n) is 6.31. The number of aryl methyl sites for hydroxylation is 2. The molecule has 0 unspecified atom stereocenters. The Kier molecular flexibility index (Phi) is 3.72. The van der Waals surface area contributed by atoms with Crippen LogP contribution in [-0.2, 0) is 12.8 Å². The zero-order chi connectivity index (χ0) is 20.2. The quantitative estimate of drug-likeness (QED) is 0.218. The number of rotatable bonds is 3. The summed E-state index contributed by atoms with van der Waals surface area (Å²) in [5.74, 6) is 0.737. The number of nitrogens with zero attached hydrogens (tertiary/aromatic N) is 1. The summed E-state index contributed by atoms with van der Waals surface area (Å²) in [5, 5.41) is 19.0. The number of ether oxygens (including phenoxy) is 1. The lowest BCUT2D eigenvalue weighted by Crippen LogP contribution is -2.04. The summed E-state index contributed by atoms with van der Waals surface area (Å²) < 4.78 is 5.69. The number of pyridine rings is 1. The molecule has 0 amide bonds. The van der Waals surface area contributed by atoms with Crippen LogP contribution in [0, 0.1) is 0 Å². The van der Waals surface area contributed by atoms with E-state index in [1.54, 1.807) is 6.08 Å². The van der Waals surface area contributed by atoms with Gasteiger partial charge in [-0.3, -0.25) is 4.98 Å². The first-order chi connectivity index (χ1) is 14.8. The third-order valence-corrected chi connectivity index (χ3v) is 6.31. The molecule has 30 heavy (non-hydrogen) atoms. The zero-order valence-electron chi connectivity index (χ0n) is 16.6. The van der Waals surface area contributed by atoms with Gasteiger partial charge < -0.3 is 9.84 Å². The van der Waals surface area contributed by atoms with E-state index < -0.39 is 0 Å². The maximum absolute atomic E-state index is 11.0. The Labute approximate surface area is 174 Å². The normalized spacial score (nSPS) is 13.3. The highest BCUT2D eigenvalue weighted by Gasteiger charge is 2.22. The van der Waals surface area contributed by atoms with Gasteiger partial charge in [-0.2, -0.15) is 0 Å². The van der Waals surface area contributed by atoms with E-state index in [1.807, 2.05) is 18.3 Å². The van der Waals surface area contributed by atoms with Gasteiger partial charge >= 0.3 is 0 Å². The largest absolute Gasteiger partial charge is 0.504 e. The average Bonchev–Trinajstić information content (AvgIpc) is 2.78. The molecule has 0 spiro atoms. The predicted molar refractivity (Wildman–Crippen MR) is 124 cm³/mol. The topological polar surface area (TPSA) is 42.4 Å². The molecule has 3 nitrogen and oxygen atoms in total. The molecule has 5 aromatic rings. The highest BCUT2D eigenvalue weighted by atomic mass is 16.5. The van der Waals surface area contributed by atoms with Crippen molar-refractivity contribution in [3.05, 3.63) is 78.5 Å². The van der Waals surface area contributed by atoms with E-state index in [4.69, 9.17) is 9.72 Å². The summed E-state index contributed by atoms with van der Waals surface area (Å²) >= 11 is 0. The van der Waals surface area contributed by atoms with Gasteiger partial charge in [-0.1, -0.05) is 43.0 Å². The van der Waals surface area contributed by atoms with Gasteiger partial charge in [0, 0.05) is 27.7 Å². The molecule has 0 atom stereocenters. The molecule has 3 heteroatoms. The van der Waals surface area contributed by atoms with Crippen LogP contribution in [0.1, 0.15) is 17.5 Å². The van der Waals surface area contributed by atoms with Crippen molar-refractivity contribution in [2.24, 2.45) is 0 Å². The standard InChI is InChI=1S/C27H21NO2/c1-2-12-30-23-11-10-17-14-22-24-16(7-5-9-20(24)25(17)27(23)29)13-21-19-8-4-3-6-18(19)15-28-26(21)22/h2-4,6,8,10-11,13-15,29H,1,5,7,9,12H2. The van der Waals surface area contributed by atoms with Crippen molar-refractivity contribution in [2.45, 2.75) is 19.3 Å². The molecule has 1 aromatic heterocycles. The molecular formula is C27H21NO2. The molecule has 1 aliphatic carbocycles. The van der Waals surface area contributed by atoms with E-state index in [0.717, 1.165) is 40.9 Å². The molecule has 0 saturated heterocycles. The average molecular weight is 391 g/mol. The van der Waals surface area contributed by atoms with Crippen LogP contribution in [0.4, 0.5) is 0 Å². The van der Waals surface area contributed by atoms with E-state index in [-0.39, 0.29) is 5.75 Å². The van der Waals surface area contributed by atoms with E-state index in [1.165, 1.54) is 32.7 Å². The molecule has 4 aromatic carbocycles. The SMILES string of the molecule is C=CCOc1ccc2cc3c4c(cc5c6ccccc6cnc35)CCCc4c2c1O. The van der Waals surface area contributed by atoms with Crippen molar-refractivity contribution in [3.63, 3.8) is 0 Å². The van der Waals surface area contributed by atoms with E-state index in [2.05, 4.69) is 43.0 Å². The molecule has 1 N–H and O–H groups in total. The maximum atomic E-state index is 11.0. The Hall–Kier alpha value is -3.59. The second kappa shape index (κ2) is 6.46. The van der Waals surface area contributed by atoms with Crippen LogP contribution in [0.2, 0.25) is 0 Å². The number of aromatic nitrogens is 1. The zero-order valence-corrected chi connectivity index (χ0v) is 16.6. The molecule has 0 aliphatic heterocycles. The lowest BCUT2D eigenvalue weighted by Gasteiger charge is -2.22. The number of hydrogen-bond donors (Lipinski definition) is 1. The van der Waals surface area contributed by atoms with Crippen molar-refractivity contribution in [3.8, 4) is 11.5 Å². The van der Waals surface area contributed by atoms with Crippen molar-refractivity contribution in [2.75, 3.05) is 6.61 Å². The molecule has 0 radical (unpaired) electrons. The van der Waals surface area contributed by atoms with Crippen LogP contribution >= 0.6 is 0 Å². The van der Waals surface area contributed by atoms with Crippen LogP contribution in [0.15, 0.2) is 67.4 Å². The van der Waals surface area contributed by atoms with Crippen LogP contribution in [0.5, 0.6) is 11.5 Å². The molecule has 146 valence electrons. The van der Waals surface area contributed by atoms with Gasteiger partial charge in [-0.25, -0.2) is 0 Å². The molecule has 0 bridgehead atoms. The van der Waals surface area contributed by atoms with Gasteiger partial charge in [0.1, 0.15) is 6.61 Å². The van der Waals surface area contributed by atoms with Gasteiger partial charge in [0.05, 0.1) is 5.52 Å². The lowest BCUT2D eigenvalue weighted by molar-refractivity contribution is 0.338. The number of hydrogen-bond acceptors (Lipinski definition) is 3. The Morgan fingerprint density at radius 1 is 0.967 bits per heavy atom. The third kappa shape index (κ3) is 2.35. The smallest absolute Gasteiger partial charge is 0.165 e. The van der Waals surface area contributed by atoms with Crippen LogP contribution < -0.4 is 4.74 Å². The summed E-state index contributed by atoms with van der Waals surface area (Å²) in [6.07, 6.45) is 6.71. The first kappa shape index (κ1) is 17.3.